The van der Waals surface area contributed by atoms with E-state index in [4.69, 9.17) is 16.4 Å². The summed E-state index contributed by atoms with van der Waals surface area (Å²) in [5.41, 5.74) is 12.9. The van der Waals surface area contributed by atoms with Crippen LogP contribution in [0.3, 0.4) is 0 Å². The molecule has 1 aromatic heterocycles. The van der Waals surface area contributed by atoms with Gasteiger partial charge in [0.1, 0.15) is 17.1 Å². The van der Waals surface area contributed by atoms with Crippen molar-refractivity contribution in [1.82, 2.24) is 15.0 Å². The molecule has 0 aliphatic carbocycles. The number of rotatable bonds is 7. The molecule has 0 aliphatic heterocycles. The Balaban J connectivity index is 1.91. The summed E-state index contributed by atoms with van der Waals surface area (Å²) in [6, 6.07) is 13.6. The summed E-state index contributed by atoms with van der Waals surface area (Å²) in [6.45, 7) is 8.07. The molecule has 0 bridgehead atoms. The van der Waals surface area contributed by atoms with E-state index in [2.05, 4.69) is 51.6 Å². The van der Waals surface area contributed by atoms with E-state index in [0.29, 0.717) is 11.2 Å². The number of aryl methyl sites for hydroxylation is 1. The van der Waals surface area contributed by atoms with E-state index in [1.54, 1.807) is 16.9 Å². The van der Waals surface area contributed by atoms with Crippen molar-refractivity contribution >= 4 is 34.0 Å². The van der Waals surface area contributed by atoms with Gasteiger partial charge in [0.05, 0.1) is 11.4 Å². The van der Waals surface area contributed by atoms with Gasteiger partial charge in [0.2, 0.25) is 5.71 Å². The van der Waals surface area contributed by atoms with Gasteiger partial charge in [-0.25, -0.2) is 0 Å². The van der Waals surface area contributed by atoms with Crippen molar-refractivity contribution in [2.75, 3.05) is 23.4 Å². The molecular formula is C20H23N9. The summed E-state index contributed by atoms with van der Waals surface area (Å²) >= 11 is 0. The Hall–Kier alpha value is -3.93. The van der Waals surface area contributed by atoms with Crippen molar-refractivity contribution in [2.24, 2.45) is 10.8 Å². The Bertz CT molecular complexity index is 1100. The molecule has 0 spiro atoms. The second-order valence-electron chi connectivity index (χ2n) is 6.43. The molecule has 4 N–H and O–H groups in total. The summed E-state index contributed by atoms with van der Waals surface area (Å²) in [4.78, 5) is 3.87. The molecule has 0 radical (unpaired) electrons. The average molecular weight is 389 g/mol. The van der Waals surface area contributed by atoms with Crippen molar-refractivity contribution in [3.8, 4) is 11.8 Å². The molecule has 3 rings (SSSR count). The number of nitrogens with two attached hydrogens (primary N) is 1. The fourth-order valence-electron chi connectivity index (χ4n) is 2.95. The number of nitrogens with one attached hydrogen (secondary N) is 2. The minimum absolute atomic E-state index is 0.179. The third-order valence-electron chi connectivity index (χ3n) is 4.58. The fraction of sp³-hybridized carbons (Fsp3) is 0.250. The molecule has 0 saturated heterocycles. The Morgan fingerprint density at radius 3 is 2.38 bits per heavy atom. The quantitative estimate of drug-likeness (QED) is 0.323. The zero-order chi connectivity index (χ0) is 21.0. The third-order valence-corrected chi connectivity index (χ3v) is 4.58. The van der Waals surface area contributed by atoms with Gasteiger partial charge in [-0.3, -0.25) is 10.8 Å². The molecule has 2 aromatic carbocycles. The molecule has 9 heteroatoms. The molecule has 0 fully saturated rings. The van der Waals surface area contributed by atoms with Gasteiger partial charge in [-0.05, 0) is 62.7 Å². The Labute approximate surface area is 168 Å². The molecule has 0 atom stereocenters. The van der Waals surface area contributed by atoms with Gasteiger partial charge in [0, 0.05) is 18.8 Å². The van der Waals surface area contributed by atoms with Crippen LogP contribution in [0.5, 0.6) is 0 Å². The fourth-order valence-corrected chi connectivity index (χ4v) is 2.95. The average Bonchev–Trinajstić information content (AvgIpc) is 3.12. The third kappa shape index (κ3) is 4.16. The largest absolute Gasteiger partial charge is 0.382 e. The van der Waals surface area contributed by atoms with E-state index < -0.39 is 5.84 Å². The zero-order valence-electron chi connectivity index (χ0n) is 16.6. The number of hydrogen-bond donors (Lipinski definition) is 3. The lowest BCUT2D eigenvalue weighted by Gasteiger charge is -2.20. The van der Waals surface area contributed by atoms with Gasteiger partial charge in [0.25, 0.3) is 0 Å². The second-order valence-corrected chi connectivity index (χ2v) is 6.43. The molecule has 0 saturated carbocycles. The molecule has 0 amide bonds. The maximum atomic E-state index is 8.96. The number of hydrogen-bond acceptors (Lipinski definition) is 7. The molecule has 9 nitrogen and oxygen atoms in total. The highest BCUT2D eigenvalue weighted by molar-refractivity contribution is 6.45. The lowest BCUT2D eigenvalue weighted by Crippen LogP contribution is -2.21. The predicted octanol–water partition coefficient (Wildman–Crippen LogP) is 2.80. The summed E-state index contributed by atoms with van der Waals surface area (Å²) in [7, 11) is 0. The summed E-state index contributed by atoms with van der Waals surface area (Å²) in [5, 5.41) is 29.3. The molecule has 0 aliphatic rings. The Morgan fingerprint density at radius 2 is 1.83 bits per heavy atom. The highest BCUT2D eigenvalue weighted by atomic mass is 15.5. The zero-order valence-corrected chi connectivity index (χ0v) is 16.6. The van der Waals surface area contributed by atoms with Gasteiger partial charge in [0.15, 0.2) is 5.84 Å². The first kappa shape index (κ1) is 19.8. The minimum Gasteiger partial charge on any atom is -0.382 e. The van der Waals surface area contributed by atoms with Crippen LogP contribution in [0.2, 0.25) is 0 Å². The van der Waals surface area contributed by atoms with Gasteiger partial charge in [-0.1, -0.05) is 0 Å². The number of nitriles is 1. The van der Waals surface area contributed by atoms with E-state index in [0.717, 1.165) is 35.5 Å². The molecular weight excluding hydrogens is 366 g/mol. The maximum absolute atomic E-state index is 8.96. The van der Waals surface area contributed by atoms with Gasteiger partial charge in [-0.15, -0.1) is 10.2 Å². The topological polar surface area (TPSA) is 132 Å². The predicted molar refractivity (Wildman–Crippen MR) is 116 cm³/mol. The summed E-state index contributed by atoms with van der Waals surface area (Å²) < 4.78 is 0. The normalized spacial score (nSPS) is 11.3. The number of benzene rings is 2. The highest BCUT2D eigenvalue weighted by Gasteiger charge is 2.10. The molecule has 29 heavy (non-hydrogen) atoms. The number of anilines is 2. The van der Waals surface area contributed by atoms with Crippen LogP contribution in [0.25, 0.3) is 16.7 Å². The Morgan fingerprint density at radius 1 is 1.21 bits per heavy atom. The van der Waals surface area contributed by atoms with Crippen molar-refractivity contribution in [3.05, 3.63) is 42.0 Å². The monoisotopic (exact) mass is 389 g/mol. The minimum atomic E-state index is -0.391. The lowest BCUT2D eigenvalue weighted by atomic mass is 10.2. The first-order valence-corrected chi connectivity index (χ1v) is 9.28. The number of fused-ring (bicyclic) bond motifs is 1. The first-order valence-electron chi connectivity index (χ1n) is 9.28. The lowest BCUT2D eigenvalue weighted by molar-refractivity contribution is 0.765. The molecule has 1 heterocycles. The van der Waals surface area contributed by atoms with Crippen LogP contribution in [-0.4, -0.2) is 39.6 Å². The van der Waals surface area contributed by atoms with E-state index >= 15 is 0 Å². The van der Waals surface area contributed by atoms with Crippen LogP contribution in [0.15, 0.2) is 41.5 Å². The van der Waals surface area contributed by atoms with Crippen LogP contribution in [0.4, 0.5) is 11.4 Å². The van der Waals surface area contributed by atoms with E-state index in [1.165, 1.54) is 0 Å². The standard InChI is InChI=1S/C20H23N9/c1-4-28(5-2)14-6-8-15(9-7-14)29-26-17-10-13(3)16(11-18(17)27-29)24-25-19(12-21)20(22)23/h6-11,24H,4-5H2,1-3H3,(H3,22,23)/b25-19+. The van der Waals surface area contributed by atoms with Crippen molar-refractivity contribution < 1.29 is 0 Å². The summed E-state index contributed by atoms with van der Waals surface area (Å²) in [6.07, 6.45) is 0. The second kappa shape index (κ2) is 8.39. The summed E-state index contributed by atoms with van der Waals surface area (Å²) in [5.74, 6) is -0.391. The van der Waals surface area contributed by atoms with E-state index in [1.807, 2.05) is 25.1 Å². The van der Waals surface area contributed by atoms with Crippen molar-refractivity contribution in [3.63, 3.8) is 0 Å². The molecule has 148 valence electrons. The number of nitrogens with zero attached hydrogens (tertiary/aromatic N) is 6. The van der Waals surface area contributed by atoms with Crippen LogP contribution in [0, 0.1) is 23.7 Å². The number of hydrazone groups is 1. The van der Waals surface area contributed by atoms with Crippen LogP contribution < -0.4 is 16.1 Å². The number of amidine groups is 1. The Kier molecular flexibility index (Phi) is 5.74. The smallest absolute Gasteiger partial charge is 0.201 e. The van der Waals surface area contributed by atoms with Crippen LogP contribution in [0.1, 0.15) is 19.4 Å². The molecule has 3 aromatic rings. The maximum Gasteiger partial charge on any atom is 0.201 e. The van der Waals surface area contributed by atoms with E-state index in [9.17, 15) is 0 Å². The van der Waals surface area contributed by atoms with Crippen molar-refractivity contribution in [1.29, 1.82) is 10.7 Å². The highest BCUT2D eigenvalue weighted by Crippen LogP contribution is 2.23. The molecule has 0 unspecified atom stereocenters. The van der Waals surface area contributed by atoms with Crippen LogP contribution >= 0.6 is 0 Å². The first-order chi connectivity index (χ1) is 14.0. The van der Waals surface area contributed by atoms with Crippen LogP contribution in [-0.2, 0) is 0 Å². The van der Waals surface area contributed by atoms with Gasteiger partial charge in [-0.2, -0.15) is 15.2 Å². The van der Waals surface area contributed by atoms with Gasteiger partial charge < -0.3 is 10.6 Å². The van der Waals surface area contributed by atoms with E-state index in [-0.39, 0.29) is 5.71 Å². The van der Waals surface area contributed by atoms with Gasteiger partial charge >= 0.3 is 0 Å². The van der Waals surface area contributed by atoms with Crippen molar-refractivity contribution in [2.45, 2.75) is 20.8 Å². The number of aromatic nitrogens is 3. The SMILES string of the molecule is CCN(CC)c1ccc(-n2nc3cc(C)c(N/N=C(\C#N)C(=N)N)cc3n2)cc1.